The van der Waals surface area contributed by atoms with Crippen molar-refractivity contribution in [2.45, 2.75) is 26.4 Å². The number of hydrogen-bond donors (Lipinski definition) is 2. The van der Waals surface area contributed by atoms with E-state index in [-0.39, 0.29) is 6.10 Å². The van der Waals surface area contributed by atoms with Crippen LogP contribution in [0.1, 0.15) is 18.2 Å². The maximum Gasteiger partial charge on any atom is 0.0923 e. The molecule has 0 fully saturated rings. The van der Waals surface area contributed by atoms with Gasteiger partial charge in [0.05, 0.1) is 11.8 Å². The van der Waals surface area contributed by atoms with Crippen LogP contribution in [0, 0.1) is 13.0 Å². The number of aromatic nitrogens is 2. The summed E-state index contributed by atoms with van der Waals surface area (Å²) in [6.07, 6.45) is 0.251. The zero-order chi connectivity index (χ0) is 11.5. The minimum absolute atomic E-state index is 0.349. The van der Waals surface area contributed by atoms with Gasteiger partial charge < -0.3 is 5.11 Å². The Hall–Kier alpha value is -1.61. The Morgan fingerprint density at radius 1 is 1.50 bits per heavy atom. The first-order valence-corrected chi connectivity index (χ1v) is 5.36. The largest absolute Gasteiger partial charge is 0.393 e. The van der Waals surface area contributed by atoms with Crippen LogP contribution in [0.3, 0.4) is 0 Å². The third kappa shape index (κ3) is 2.49. The molecule has 1 atom stereocenters. The Kier molecular flexibility index (Phi) is 3.06. The molecule has 0 aliphatic carbocycles. The van der Waals surface area contributed by atoms with E-state index in [9.17, 15) is 5.11 Å². The molecule has 1 aromatic carbocycles. The van der Waals surface area contributed by atoms with E-state index in [1.165, 1.54) is 0 Å². The summed E-state index contributed by atoms with van der Waals surface area (Å²) >= 11 is 0. The third-order valence-corrected chi connectivity index (χ3v) is 2.41. The zero-order valence-electron chi connectivity index (χ0n) is 9.49. The van der Waals surface area contributed by atoms with Crippen LogP contribution in [0.5, 0.6) is 0 Å². The number of nitrogens with zero attached hydrogens (tertiary/aromatic N) is 1. The van der Waals surface area contributed by atoms with Gasteiger partial charge in [-0.3, -0.25) is 5.10 Å². The Bertz CT molecular complexity index is 457. The lowest BCUT2D eigenvalue weighted by Gasteiger charge is -1.98. The molecule has 0 saturated heterocycles. The smallest absolute Gasteiger partial charge is 0.0923 e. The molecule has 2 rings (SSSR count). The van der Waals surface area contributed by atoms with Crippen molar-refractivity contribution in [3.63, 3.8) is 0 Å². The zero-order valence-corrected chi connectivity index (χ0v) is 9.49. The number of rotatable bonds is 3. The van der Waals surface area contributed by atoms with Gasteiger partial charge in [0.1, 0.15) is 0 Å². The molecule has 16 heavy (non-hydrogen) atoms. The maximum absolute atomic E-state index is 9.27. The second-order valence-corrected chi connectivity index (χ2v) is 4.09. The SMILES string of the molecule is Cc1[c]cc(-c2cc(CC(C)O)[nH]n2)cc1. The predicted molar refractivity (Wildman–Crippen MR) is 63.0 cm³/mol. The molecule has 2 N–H and O–H groups in total. The van der Waals surface area contributed by atoms with Crippen molar-refractivity contribution in [1.29, 1.82) is 0 Å². The highest BCUT2D eigenvalue weighted by Crippen LogP contribution is 2.18. The van der Waals surface area contributed by atoms with Gasteiger partial charge in [-0.05, 0) is 37.6 Å². The van der Waals surface area contributed by atoms with Crippen molar-refractivity contribution in [3.05, 3.63) is 41.6 Å². The maximum atomic E-state index is 9.27. The molecule has 1 heterocycles. The van der Waals surface area contributed by atoms with Crippen LogP contribution in [0.2, 0.25) is 0 Å². The number of aryl methyl sites for hydroxylation is 1. The number of hydrogen-bond acceptors (Lipinski definition) is 2. The standard InChI is InChI=1S/C13H15N2O/c1-9-3-5-11(6-4-9)13-8-12(14-15-13)7-10(2)16/h3,5-6,8,10,16H,7H2,1-2H3,(H,14,15). The fourth-order valence-electron chi connectivity index (χ4n) is 1.59. The molecule has 0 aliphatic heterocycles. The van der Waals surface area contributed by atoms with Gasteiger partial charge >= 0.3 is 0 Å². The fraction of sp³-hybridized carbons (Fsp3) is 0.308. The van der Waals surface area contributed by atoms with Crippen molar-refractivity contribution in [1.82, 2.24) is 10.2 Å². The summed E-state index contributed by atoms with van der Waals surface area (Å²) in [6, 6.07) is 11.1. The van der Waals surface area contributed by atoms with Gasteiger partial charge in [-0.25, -0.2) is 0 Å². The fourth-order valence-corrected chi connectivity index (χ4v) is 1.59. The normalized spacial score (nSPS) is 12.7. The number of benzene rings is 1. The molecule has 0 saturated carbocycles. The van der Waals surface area contributed by atoms with E-state index in [1.807, 2.05) is 31.2 Å². The number of H-pyrrole nitrogens is 1. The predicted octanol–water partition coefficient (Wildman–Crippen LogP) is 2.11. The topological polar surface area (TPSA) is 48.9 Å². The number of aromatic amines is 1. The number of aliphatic hydroxyl groups excluding tert-OH is 1. The summed E-state index contributed by atoms with van der Waals surface area (Å²) in [5, 5.41) is 16.4. The van der Waals surface area contributed by atoms with Crippen molar-refractivity contribution in [2.24, 2.45) is 0 Å². The van der Waals surface area contributed by atoms with Crippen molar-refractivity contribution in [3.8, 4) is 11.3 Å². The molecular formula is C13H15N2O. The molecule has 3 heteroatoms. The number of aliphatic hydroxyl groups is 1. The van der Waals surface area contributed by atoms with Crippen LogP contribution in [-0.4, -0.2) is 21.4 Å². The monoisotopic (exact) mass is 215 g/mol. The van der Waals surface area contributed by atoms with Crippen LogP contribution in [-0.2, 0) is 6.42 Å². The van der Waals surface area contributed by atoms with Crippen molar-refractivity contribution >= 4 is 0 Å². The summed E-state index contributed by atoms with van der Waals surface area (Å²) in [5.41, 5.74) is 4.00. The van der Waals surface area contributed by atoms with Crippen molar-refractivity contribution < 1.29 is 5.11 Å². The van der Waals surface area contributed by atoms with Crippen LogP contribution in [0.4, 0.5) is 0 Å². The lowest BCUT2D eigenvalue weighted by molar-refractivity contribution is 0.194. The molecular weight excluding hydrogens is 200 g/mol. The second kappa shape index (κ2) is 4.49. The van der Waals surface area contributed by atoms with Gasteiger partial charge in [0.25, 0.3) is 0 Å². The van der Waals surface area contributed by atoms with E-state index < -0.39 is 0 Å². The first-order valence-electron chi connectivity index (χ1n) is 5.36. The summed E-state index contributed by atoms with van der Waals surface area (Å²) in [6.45, 7) is 3.77. The highest BCUT2D eigenvalue weighted by molar-refractivity contribution is 5.59. The van der Waals surface area contributed by atoms with E-state index in [0.29, 0.717) is 6.42 Å². The minimum Gasteiger partial charge on any atom is -0.393 e. The van der Waals surface area contributed by atoms with E-state index in [0.717, 1.165) is 22.5 Å². The molecule has 2 aromatic rings. The molecule has 0 amide bonds. The molecule has 83 valence electrons. The summed E-state index contributed by atoms with van der Waals surface area (Å²) < 4.78 is 0. The van der Waals surface area contributed by atoms with Gasteiger partial charge in [-0.1, -0.05) is 12.1 Å². The molecule has 0 spiro atoms. The van der Waals surface area contributed by atoms with Crippen LogP contribution in [0.25, 0.3) is 11.3 Å². The molecule has 0 aliphatic rings. The lowest BCUT2D eigenvalue weighted by atomic mass is 10.1. The van der Waals surface area contributed by atoms with E-state index in [4.69, 9.17) is 0 Å². The third-order valence-electron chi connectivity index (χ3n) is 2.41. The molecule has 0 bridgehead atoms. The van der Waals surface area contributed by atoms with Gasteiger partial charge in [-0.2, -0.15) is 5.10 Å². The van der Waals surface area contributed by atoms with Crippen molar-refractivity contribution in [2.75, 3.05) is 0 Å². The summed E-state index contributed by atoms with van der Waals surface area (Å²) in [7, 11) is 0. The average molecular weight is 215 g/mol. The number of nitrogens with one attached hydrogen (secondary N) is 1. The summed E-state index contributed by atoms with van der Waals surface area (Å²) in [4.78, 5) is 0. The van der Waals surface area contributed by atoms with Gasteiger partial charge in [0.2, 0.25) is 0 Å². The Balaban J connectivity index is 2.21. The Morgan fingerprint density at radius 2 is 2.31 bits per heavy atom. The van der Waals surface area contributed by atoms with Gasteiger partial charge in [0, 0.05) is 17.7 Å². The van der Waals surface area contributed by atoms with E-state index in [1.54, 1.807) is 6.92 Å². The molecule has 1 radical (unpaired) electrons. The quantitative estimate of drug-likeness (QED) is 0.823. The van der Waals surface area contributed by atoms with Gasteiger partial charge in [-0.15, -0.1) is 0 Å². The minimum atomic E-state index is -0.349. The van der Waals surface area contributed by atoms with Crippen LogP contribution >= 0.6 is 0 Å². The summed E-state index contributed by atoms with van der Waals surface area (Å²) in [5.74, 6) is 0. The molecule has 3 nitrogen and oxygen atoms in total. The highest BCUT2D eigenvalue weighted by atomic mass is 16.3. The van der Waals surface area contributed by atoms with E-state index >= 15 is 0 Å². The lowest BCUT2D eigenvalue weighted by Crippen LogP contribution is -2.04. The Morgan fingerprint density at radius 3 is 2.94 bits per heavy atom. The highest BCUT2D eigenvalue weighted by Gasteiger charge is 2.05. The van der Waals surface area contributed by atoms with Crippen LogP contribution < -0.4 is 0 Å². The van der Waals surface area contributed by atoms with Crippen LogP contribution in [0.15, 0.2) is 24.3 Å². The first kappa shape index (κ1) is 10.9. The first-order chi connectivity index (χ1) is 7.65. The van der Waals surface area contributed by atoms with E-state index in [2.05, 4.69) is 16.3 Å². The molecule has 1 unspecified atom stereocenters. The molecule has 1 aromatic heterocycles. The second-order valence-electron chi connectivity index (χ2n) is 4.09. The average Bonchev–Trinajstić information content (AvgIpc) is 2.66. The van der Waals surface area contributed by atoms with Gasteiger partial charge in [0.15, 0.2) is 0 Å². The Labute approximate surface area is 95.1 Å².